The molecule has 2 atom stereocenters. The topological polar surface area (TPSA) is 37.3 Å². The second-order valence-electron chi connectivity index (χ2n) is 9.33. The minimum absolute atomic E-state index is 0.108. The Balaban J connectivity index is 1.45. The average Bonchev–Trinajstić information content (AvgIpc) is 2.99. The van der Waals surface area contributed by atoms with Crippen LogP contribution in [-0.2, 0) is 4.74 Å². The molecule has 0 radical (unpaired) electrons. The lowest BCUT2D eigenvalue weighted by Crippen LogP contribution is -2.52. The van der Waals surface area contributed by atoms with Crippen molar-refractivity contribution in [2.24, 2.45) is 4.99 Å². The van der Waals surface area contributed by atoms with E-state index in [1.54, 1.807) is 0 Å². The number of rotatable bonds is 1. The highest BCUT2D eigenvalue weighted by molar-refractivity contribution is 6.31. The molecule has 0 amide bonds. The van der Waals surface area contributed by atoms with Gasteiger partial charge in [-0.05, 0) is 57.5 Å². The third-order valence-corrected chi connectivity index (χ3v) is 6.13. The van der Waals surface area contributed by atoms with E-state index in [1.165, 1.54) is 0 Å². The largest absolute Gasteiger partial charge is 0.454 e. The van der Waals surface area contributed by atoms with Gasteiger partial charge < -0.3 is 14.4 Å². The summed E-state index contributed by atoms with van der Waals surface area (Å²) in [5, 5.41) is 0.661. The number of para-hydroxylation sites is 1. The van der Waals surface area contributed by atoms with Gasteiger partial charge in [0, 0.05) is 37.2 Å². The van der Waals surface area contributed by atoms with Crippen molar-refractivity contribution in [1.29, 1.82) is 0 Å². The summed E-state index contributed by atoms with van der Waals surface area (Å²) in [6, 6.07) is 14.2. The maximum atomic E-state index is 6.28. The first-order valence-electron chi connectivity index (χ1n) is 10.7. The zero-order valence-electron chi connectivity index (χ0n) is 17.8. The molecule has 2 aromatic rings. The molecule has 3 aliphatic heterocycles. The molecule has 3 aliphatic rings. The van der Waals surface area contributed by atoms with Crippen LogP contribution in [0.2, 0.25) is 5.02 Å². The van der Waals surface area contributed by atoms with E-state index in [4.69, 9.17) is 26.1 Å². The van der Waals surface area contributed by atoms with Gasteiger partial charge in [-0.25, -0.2) is 4.99 Å². The van der Waals surface area contributed by atoms with Crippen LogP contribution in [0.25, 0.3) is 0 Å². The van der Waals surface area contributed by atoms with E-state index in [0.717, 1.165) is 61.2 Å². The zero-order chi connectivity index (χ0) is 20.9. The van der Waals surface area contributed by atoms with Crippen LogP contribution >= 0.6 is 11.6 Å². The molecule has 0 aromatic heterocycles. The number of aliphatic imine (C=N–C) groups is 1. The van der Waals surface area contributed by atoms with Gasteiger partial charge in [0.1, 0.15) is 17.3 Å². The summed E-state index contributed by atoms with van der Waals surface area (Å²) in [6.45, 7) is 10.3. The van der Waals surface area contributed by atoms with Gasteiger partial charge in [0.25, 0.3) is 0 Å². The summed E-state index contributed by atoms with van der Waals surface area (Å²) in [7, 11) is 0. The van der Waals surface area contributed by atoms with E-state index >= 15 is 0 Å². The Bertz CT molecular complexity index is 985. The van der Waals surface area contributed by atoms with Crippen LogP contribution < -0.4 is 4.74 Å². The summed E-state index contributed by atoms with van der Waals surface area (Å²) in [4.78, 5) is 10.0. The highest BCUT2D eigenvalue weighted by Gasteiger charge is 2.39. The second-order valence-corrected chi connectivity index (χ2v) is 9.76. The molecule has 2 saturated heterocycles. The number of hydrogen-bond donors (Lipinski definition) is 0. The number of ether oxygens (including phenoxy) is 2. The van der Waals surface area contributed by atoms with Crippen molar-refractivity contribution >= 4 is 23.1 Å². The van der Waals surface area contributed by atoms with Crippen LogP contribution in [0.15, 0.2) is 47.5 Å². The van der Waals surface area contributed by atoms with Crippen LogP contribution in [0.3, 0.4) is 0 Å². The summed E-state index contributed by atoms with van der Waals surface area (Å²) in [6.07, 6.45) is 1.35. The van der Waals surface area contributed by atoms with E-state index in [-0.39, 0.29) is 5.60 Å². The minimum Gasteiger partial charge on any atom is -0.454 e. The molecule has 1 unspecified atom stereocenters. The number of amidine groups is 1. The lowest BCUT2D eigenvalue weighted by Gasteiger charge is -2.39. The number of piperazine rings is 1. The SMILES string of the molecule is CC(C)(C)OC1C[C@H]2CN(C3=Nc4cc(Cl)ccc4Oc4ccccc43)CCN2C1. The van der Waals surface area contributed by atoms with Gasteiger partial charge in [-0.3, -0.25) is 4.90 Å². The number of fused-ring (bicyclic) bond motifs is 3. The summed E-state index contributed by atoms with van der Waals surface area (Å²) < 4.78 is 12.5. The van der Waals surface area contributed by atoms with E-state index in [0.29, 0.717) is 17.2 Å². The van der Waals surface area contributed by atoms with Crippen molar-refractivity contribution in [3.8, 4) is 11.5 Å². The van der Waals surface area contributed by atoms with Crippen molar-refractivity contribution in [2.75, 3.05) is 26.2 Å². The summed E-state index contributed by atoms with van der Waals surface area (Å²) in [5.74, 6) is 2.53. The molecule has 5 rings (SSSR count). The van der Waals surface area contributed by atoms with Crippen molar-refractivity contribution in [1.82, 2.24) is 9.80 Å². The van der Waals surface area contributed by atoms with Crippen LogP contribution in [0.4, 0.5) is 5.69 Å². The lowest BCUT2D eigenvalue weighted by molar-refractivity contribution is -0.0538. The Kier molecular flexibility index (Phi) is 5.00. The molecule has 0 saturated carbocycles. The summed E-state index contributed by atoms with van der Waals surface area (Å²) in [5.41, 5.74) is 1.69. The Labute approximate surface area is 183 Å². The first-order valence-corrected chi connectivity index (χ1v) is 11.1. The fourth-order valence-electron chi connectivity index (χ4n) is 4.71. The van der Waals surface area contributed by atoms with Gasteiger partial charge in [0.15, 0.2) is 5.75 Å². The van der Waals surface area contributed by atoms with Crippen molar-refractivity contribution in [3.63, 3.8) is 0 Å². The smallest absolute Gasteiger partial charge is 0.153 e. The molecule has 5 nitrogen and oxygen atoms in total. The first kappa shape index (κ1) is 19.9. The Morgan fingerprint density at radius 1 is 1.07 bits per heavy atom. The molecule has 2 aromatic carbocycles. The highest BCUT2D eigenvalue weighted by Crippen LogP contribution is 2.40. The maximum absolute atomic E-state index is 6.28. The predicted molar refractivity (Wildman–Crippen MR) is 120 cm³/mol. The molecule has 0 spiro atoms. The third kappa shape index (κ3) is 3.94. The Hall–Kier alpha value is -2.08. The lowest BCUT2D eigenvalue weighted by atomic mass is 10.1. The van der Waals surface area contributed by atoms with E-state index < -0.39 is 0 Å². The molecule has 6 heteroatoms. The summed E-state index contributed by atoms with van der Waals surface area (Å²) >= 11 is 6.26. The number of nitrogens with zero attached hydrogens (tertiary/aromatic N) is 3. The van der Waals surface area contributed by atoms with Crippen molar-refractivity contribution in [3.05, 3.63) is 53.1 Å². The van der Waals surface area contributed by atoms with Crippen LogP contribution in [-0.4, -0.2) is 59.6 Å². The van der Waals surface area contributed by atoms with Gasteiger partial charge in [-0.15, -0.1) is 0 Å². The predicted octanol–water partition coefficient (Wildman–Crippen LogP) is 5.10. The van der Waals surface area contributed by atoms with Gasteiger partial charge in [-0.1, -0.05) is 23.7 Å². The zero-order valence-corrected chi connectivity index (χ0v) is 18.5. The number of halogens is 1. The molecular weight excluding hydrogens is 398 g/mol. The Morgan fingerprint density at radius 2 is 1.90 bits per heavy atom. The number of hydrogen-bond acceptors (Lipinski definition) is 5. The average molecular weight is 426 g/mol. The monoisotopic (exact) mass is 425 g/mol. The fourth-order valence-corrected chi connectivity index (χ4v) is 4.88. The molecule has 158 valence electrons. The van der Waals surface area contributed by atoms with Gasteiger partial charge in [0.05, 0.1) is 17.3 Å². The molecule has 30 heavy (non-hydrogen) atoms. The maximum Gasteiger partial charge on any atom is 0.153 e. The van der Waals surface area contributed by atoms with Crippen LogP contribution in [0.5, 0.6) is 11.5 Å². The third-order valence-electron chi connectivity index (χ3n) is 5.89. The van der Waals surface area contributed by atoms with Gasteiger partial charge in [-0.2, -0.15) is 0 Å². The van der Waals surface area contributed by atoms with E-state index in [9.17, 15) is 0 Å². The van der Waals surface area contributed by atoms with Gasteiger partial charge >= 0.3 is 0 Å². The quantitative estimate of drug-likeness (QED) is 0.637. The molecule has 0 bridgehead atoms. The molecule has 3 heterocycles. The van der Waals surface area contributed by atoms with Crippen LogP contribution in [0, 0.1) is 0 Å². The van der Waals surface area contributed by atoms with E-state index in [1.807, 2.05) is 36.4 Å². The molecule has 2 fully saturated rings. The first-order chi connectivity index (χ1) is 14.4. The molecule has 0 N–H and O–H groups in total. The van der Waals surface area contributed by atoms with Crippen LogP contribution in [0.1, 0.15) is 32.8 Å². The molecular formula is C24H28ClN3O2. The Morgan fingerprint density at radius 3 is 2.73 bits per heavy atom. The van der Waals surface area contributed by atoms with Crippen molar-refractivity contribution in [2.45, 2.75) is 44.9 Å². The highest BCUT2D eigenvalue weighted by atomic mass is 35.5. The normalized spacial score (nSPS) is 23.7. The standard InChI is InChI=1S/C24H28ClN3O2/c1-24(2,3)30-18-13-17-14-28(11-10-27(17)15-18)23-19-6-4-5-7-21(19)29-22-9-8-16(25)12-20(22)26-23/h4-9,12,17-18H,10-11,13-15H2,1-3H3/t17-,18?/m0/s1. The second kappa shape index (κ2) is 7.56. The molecule has 0 aliphatic carbocycles. The fraction of sp³-hybridized carbons (Fsp3) is 0.458. The number of benzene rings is 2. The van der Waals surface area contributed by atoms with Crippen molar-refractivity contribution < 1.29 is 9.47 Å². The van der Waals surface area contributed by atoms with E-state index in [2.05, 4.69) is 36.6 Å². The minimum atomic E-state index is -0.108. The van der Waals surface area contributed by atoms with Gasteiger partial charge in [0.2, 0.25) is 0 Å².